The molecule has 0 unspecified atom stereocenters. The van der Waals surface area contributed by atoms with Gasteiger partial charge in [0, 0.05) is 30.6 Å². The topological polar surface area (TPSA) is 91.1 Å². The number of aromatic amines is 1. The Bertz CT molecular complexity index is 669. The van der Waals surface area contributed by atoms with Gasteiger partial charge in [-0.3, -0.25) is 14.4 Å². The lowest BCUT2D eigenvalue weighted by atomic mass is 10.2. The first kappa shape index (κ1) is 13.5. The standard InChI is InChI=1S/C14H13N3O3/c1-15-13(19)9-2-5-11(6-3-9)17-14(20)10-4-7-12(18)16-8-10/h2-8H,1H3,(H,15,19)(H,16,18)(H,17,20). The van der Waals surface area contributed by atoms with Gasteiger partial charge in [0.15, 0.2) is 0 Å². The van der Waals surface area contributed by atoms with Crippen LogP contribution >= 0.6 is 0 Å². The number of carbonyl (C=O) groups is 2. The Balaban J connectivity index is 2.10. The fourth-order valence-corrected chi connectivity index (χ4v) is 1.60. The summed E-state index contributed by atoms with van der Waals surface area (Å²) < 4.78 is 0. The Kier molecular flexibility index (Phi) is 3.95. The summed E-state index contributed by atoms with van der Waals surface area (Å²) in [4.78, 5) is 36.6. The van der Waals surface area contributed by atoms with Gasteiger partial charge >= 0.3 is 0 Å². The molecule has 0 atom stereocenters. The van der Waals surface area contributed by atoms with E-state index < -0.39 is 0 Å². The monoisotopic (exact) mass is 271 g/mol. The van der Waals surface area contributed by atoms with Crippen molar-refractivity contribution in [1.29, 1.82) is 0 Å². The van der Waals surface area contributed by atoms with Gasteiger partial charge in [-0.1, -0.05) is 0 Å². The number of rotatable bonds is 3. The number of anilines is 1. The summed E-state index contributed by atoms with van der Waals surface area (Å²) >= 11 is 0. The number of pyridine rings is 1. The van der Waals surface area contributed by atoms with Crippen LogP contribution < -0.4 is 16.2 Å². The highest BCUT2D eigenvalue weighted by molar-refractivity contribution is 6.04. The molecule has 3 N–H and O–H groups in total. The summed E-state index contributed by atoms with van der Waals surface area (Å²) in [5.41, 5.74) is 1.15. The lowest BCUT2D eigenvalue weighted by molar-refractivity contribution is 0.0962. The molecule has 0 fully saturated rings. The second-order valence-corrected chi connectivity index (χ2v) is 4.05. The summed E-state index contributed by atoms with van der Waals surface area (Å²) in [5, 5.41) is 5.18. The molecule has 2 amide bonds. The van der Waals surface area contributed by atoms with Crippen LogP contribution in [0.4, 0.5) is 5.69 Å². The van der Waals surface area contributed by atoms with Crippen molar-refractivity contribution >= 4 is 17.5 Å². The third kappa shape index (κ3) is 3.11. The molecule has 0 saturated heterocycles. The van der Waals surface area contributed by atoms with Gasteiger partial charge in [-0.05, 0) is 30.3 Å². The molecule has 0 aliphatic carbocycles. The Morgan fingerprint density at radius 1 is 0.950 bits per heavy atom. The van der Waals surface area contributed by atoms with Crippen LogP contribution in [-0.2, 0) is 0 Å². The maximum absolute atomic E-state index is 11.9. The summed E-state index contributed by atoms with van der Waals surface area (Å²) in [6.45, 7) is 0. The Hall–Kier alpha value is -2.89. The number of H-pyrrole nitrogens is 1. The molecule has 0 aliphatic heterocycles. The molecule has 1 aromatic heterocycles. The number of hydrogen-bond acceptors (Lipinski definition) is 3. The molecule has 0 radical (unpaired) electrons. The van der Waals surface area contributed by atoms with E-state index in [-0.39, 0.29) is 17.4 Å². The summed E-state index contributed by atoms with van der Waals surface area (Å²) in [5.74, 6) is -0.530. The van der Waals surface area contributed by atoms with Crippen molar-refractivity contribution in [2.45, 2.75) is 0 Å². The molecular weight excluding hydrogens is 258 g/mol. The molecule has 2 aromatic rings. The van der Waals surface area contributed by atoms with E-state index in [1.54, 1.807) is 31.3 Å². The van der Waals surface area contributed by atoms with Gasteiger partial charge in [0.1, 0.15) is 0 Å². The number of carbonyl (C=O) groups excluding carboxylic acids is 2. The molecule has 102 valence electrons. The first-order valence-corrected chi connectivity index (χ1v) is 5.92. The van der Waals surface area contributed by atoms with E-state index in [2.05, 4.69) is 15.6 Å². The zero-order chi connectivity index (χ0) is 14.5. The van der Waals surface area contributed by atoms with Crippen LogP contribution in [0.1, 0.15) is 20.7 Å². The lowest BCUT2D eigenvalue weighted by Gasteiger charge is -2.06. The maximum atomic E-state index is 11.9. The van der Waals surface area contributed by atoms with Crippen LogP contribution in [0.15, 0.2) is 47.4 Å². The largest absolute Gasteiger partial charge is 0.355 e. The van der Waals surface area contributed by atoms with E-state index in [4.69, 9.17) is 0 Å². The highest BCUT2D eigenvalue weighted by Gasteiger charge is 2.07. The van der Waals surface area contributed by atoms with Crippen LogP contribution in [0.2, 0.25) is 0 Å². The Labute approximate surface area is 114 Å². The predicted molar refractivity (Wildman–Crippen MR) is 74.8 cm³/mol. The van der Waals surface area contributed by atoms with Gasteiger partial charge in [0.25, 0.3) is 11.8 Å². The minimum Gasteiger partial charge on any atom is -0.355 e. The number of hydrogen-bond donors (Lipinski definition) is 3. The van der Waals surface area contributed by atoms with Crippen LogP contribution in [0.25, 0.3) is 0 Å². The minimum atomic E-state index is -0.339. The predicted octanol–water partition coefficient (Wildman–Crippen LogP) is 0.987. The average molecular weight is 271 g/mol. The average Bonchev–Trinajstić information content (AvgIpc) is 2.48. The van der Waals surface area contributed by atoms with Crippen molar-refractivity contribution in [2.24, 2.45) is 0 Å². The third-order valence-electron chi connectivity index (χ3n) is 2.68. The number of amides is 2. The number of aromatic nitrogens is 1. The second-order valence-electron chi connectivity index (χ2n) is 4.05. The molecule has 1 heterocycles. The van der Waals surface area contributed by atoms with Crippen LogP contribution in [-0.4, -0.2) is 23.8 Å². The number of nitrogens with one attached hydrogen (secondary N) is 3. The second kappa shape index (κ2) is 5.83. The fraction of sp³-hybridized carbons (Fsp3) is 0.0714. The van der Waals surface area contributed by atoms with Gasteiger partial charge < -0.3 is 15.6 Å². The quantitative estimate of drug-likeness (QED) is 0.777. The van der Waals surface area contributed by atoms with Crippen molar-refractivity contribution < 1.29 is 9.59 Å². The first-order valence-electron chi connectivity index (χ1n) is 5.92. The van der Waals surface area contributed by atoms with Gasteiger partial charge in [-0.2, -0.15) is 0 Å². The van der Waals surface area contributed by atoms with Crippen LogP contribution in [0, 0.1) is 0 Å². The molecule has 0 saturated carbocycles. The van der Waals surface area contributed by atoms with E-state index in [1.165, 1.54) is 18.3 Å². The zero-order valence-electron chi connectivity index (χ0n) is 10.8. The molecule has 0 spiro atoms. The molecule has 6 nitrogen and oxygen atoms in total. The SMILES string of the molecule is CNC(=O)c1ccc(NC(=O)c2ccc(=O)[nH]c2)cc1. The molecule has 0 aliphatic rings. The molecule has 20 heavy (non-hydrogen) atoms. The smallest absolute Gasteiger partial charge is 0.257 e. The van der Waals surface area contributed by atoms with Crippen molar-refractivity contribution in [3.05, 3.63) is 64.1 Å². The summed E-state index contributed by atoms with van der Waals surface area (Å²) in [6.07, 6.45) is 1.34. The molecule has 2 rings (SSSR count). The van der Waals surface area contributed by atoms with E-state index in [0.717, 1.165) is 0 Å². The van der Waals surface area contributed by atoms with Crippen LogP contribution in [0.5, 0.6) is 0 Å². The normalized spacial score (nSPS) is 9.85. The van der Waals surface area contributed by atoms with E-state index in [0.29, 0.717) is 16.8 Å². The third-order valence-corrected chi connectivity index (χ3v) is 2.68. The van der Waals surface area contributed by atoms with Gasteiger partial charge in [-0.25, -0.2) is 0 Å². The minimum absolute atomic E-state index is 0.191. The highest BCUT2D eigenvalue weighted by atomic mass is 16.2. The van der Waals surface area contributed by atoms with Crippen LogP contribution in [0.3, 0.4) is 0 Å². The molecule has 6 heteroatoms. The van der Waals surface area contributed by atoms with Crippen molar-refractivity contribution in [3.8, 4) is 0 Å². The highest BCUT2D eigenvalue weighted by Crippen LogP contribution is 2.10. The number of benzene rings is 1. The van der Waals surface area contributed by atoms with Gasteiger partial charge in [0.05, 0.1) is 5.56 Å². The Morgan fingerprint density at radius 3 is 2.15 bits per heavy atom. The lowest BCUT2D eigenvalue weighted by Crippen LogP contribution is -2.18. The fourth-order valence-electron chi connectivity index (χ4n) is 1.60. The summed E-state index contributed by atoms with van der Waals surface area (Å²) in [7, 11) is 1.55. The van der Waals surface area contributed by atoms with Crippen molar-refractivity contribution in [2.75, 3.05) is 12.4 Å². The first-order chi connectivity index (χ1) is 9.60. The van der Waals surface area contributed by atoms with Gasteiger partial charge in [-0.15, -0.1) is 0 Å². The Morgan fingerprint density at radius 2 is 1.60 bits per heavy atom. The van der Waals surface area contributed by atoms with Crippen molar-refractivity contribution in [1.82, 2.24) is 10.3 Å². The molecular formula is C14H13N3O3. The van der Waals surface area contributed by atoms with E-state index >= 15 is 0 Å². The zero-order valence-corrected chi connectivity index (χ0v) is 10.8. The maximum Gasteiger partial charge on any atom is 0.257 e. The molecule has 0 bridgehead atoms. The van der Waals surface area contributed by atoms with E-state index in [1.807, 2.05) is 0 Å². The molecule has 1 aromatic carbocycles. The van der Waals surface area contributed by atoms with Crippen molar-refractivity contribution in [3.63, 3.8) is 0 Å². The van der Waals surface area contributed by atoms with Gasteiger partial charge in [0.2, 0.25) is 5.56 Å². The van der Waals surface area contributed by atoms with E-state index in [9.17, 15) is 14.4 Å². The summed E-state index contributed by atoms with van der Waals surface area (Å²) in [6, 6.07) is 9.21.